The quantitative estimate of drug-likeness (QED) is 0.468. The van der Waals surface area contributed by atoms with Gasteiger partial charge in [-0.2, -0.15) is 8.42 Å². The van der Waals surface area contributed by atoms with Crippen LogP contribution in [0.15, 0.2) is 23.1 Å². The van der Waals surface area contributed by atoms with E-state index >= 15 is 0 Å². The van der Waals surface area contributed by atoms with Crippen LogP contribution in [0, 0.1) is 5.41 Å². The molecule has 0 aromatic rings. The van der Waals surface area contributed by atoms with Gasteiger partial charge in [-0.15, -0.1) is 0 Å². The van der Waals surface area contributed by atoms with Crippen LogP contribution in [-0.2, 0) is 19.7 Å². The Morgan fingerprint density at radius 3 is 2.12 bits per heavy atom. The molecule has 0 aromatic carbocycles. The minimum atomic E-state index is -4.62. The fraction of sp³-hybridized carbons (Fsp3) is 0.250. The van der Waals surface area contributed by atoms with Gasteiger partial charge in [0.05, 0.1) is 4.91 Å². The van der Waals surface area contributed by atoms with E-state index in [1.807, 2.05) is 0 Å². The molecule has 0 amide bonds. The summed E-state index contributed by atoms with van der Waals surface area (Å²) in [5, 5.41) is 17.6. The summed E-state index contributed by atoms with van der Waals surface area (Å²) in [6, 6.07) is 0. The van der Waals surface area contributed by atoms with Crippen LogP contribution >= 0.6 is 0 Å². The lowest BCUT2D eigenvalue weighted by Gasteiger charge is -2.22. The Balaban J connectivity index is 3.39. The Bertz CT molecular complexity index is 482. The lowest BCUT2D eigenvalue weighted by atomic mass is 9.82. The molecule has 1 aliphatic rings. The number of carbonyl (C=O) groups is 2. The first-order chi connectivity index (χ1) is 7.20. The predicted molar refractivity (Wildman–Crippen MR) is 51.1 cm³/mol. The topological polar surface area (TPSA) is 129 Å². The second-order valence-electron chi connectivity index (χ2n) is 3.21. The Hall–Kier alpha value is -1.67. The van der Waals surface area contributed by atoms with Crippen LogP contribution in [0.3, 0.4) is 0 Å². The first-order valence-electron chi connectivity index (χ1n) is 4.04. The van der Waals surface area contributed by atoms with Crippen LogP contribution in [0.1, 0.15) is 6.42 Å². The van der Waals surface area contributed by atoms with Crippen molar-refractivity contribution >= 4 is 22.1 Å². The van der Waals surface area contributed by atoms with Crippen molar-refractivity contribution in [2.45, 2.75) is 6.42 Å². The minimum absolute atomic E-state index is 0.378. The molecule has 16 heavy (non-hydrogen) atoms. The van der Waals surface area contributed by atoms with Gasteiger partial charge in [-0.1, -0.05) is 6.08 Å². The molecule has 0 saturated carbocycles. The Morgan fingerprint density at radius 2 is 1.75 bits per heavy atom. The molecule has 0 aliphatic heterocycles. The van der Waals surface area contributed by atoms with Crippen LogP contribution in [0.5, 0.6) is 0 Å². The molecule has 0 spiro atoms. The number of rotatable bonds is 3. The molecule has 1 aliphatic carbocycles. The van der Waals surface area contributed by atoms with Crippen molar-refractivity contribution in [2.75, 3.05) is 0 Å². The van der Waals surface area contributed by atoms with E-state index < -0.39 is 32.4 Å². The monoisotopic (exact) mass is 248 g/mol. The lowest BCUT2D eigenvalue weighted by molar-refractivity contribution is -0.160. The molecule has 0 aromatic heterocycles. The summed E-state index contributed by atoms with van der Waals surface area (Å²) < 4.78 is 30.2. The molecule has 0 fully saturated rings. The molecular weight excluding hydrogens is 240 g/mol. The number of hydrogen-bond acceptors (Lipinski definition) is 4. The standard InChI is InChI=1S/C8H8O7S/c9-6(10)8(7(11)12)3-1-2-5(4-8)16(13,14)15/h1-2,4H,3H2,(H,9,10)(H,11,12)(H,13,14,15). The van der Waals surface area contributed by atoms with E-state index in [4.69, 9.17) is 14.8 Å². The van der Waals surface area contributed by atoms with Crippen molar-refractivity contribution in [1.82, 2.24) is 0 Å². The molecule has 8 heteroatoms. The number of carboxylic acids is 2. The van der Waals surface area contributed by atoms with Crippen LogP contribution in [-0.4, -0.2) is 35.1 Å². The first-order valence-corrected chi connectivity index (χ1v) is 5.48. The summed E-state index contributed by atoms with van der Waals surface area (Å²) in [5.41, 5.74) is -2.35. The molecule has 0 unspecified atom stereocenters. The van der Waals surface area contributed by atoms with Crippen molar-refractivity contribution < 1.29 is 32.8 Å². The SMILES string of the molecule is O=C(O)C1(C(=O)O)C=C(S(=O)(=O)O)C=CC1. The van der Waals surface area contributed by atoms with E-state index in [1.165, 1.54) is 0 Å². The van der Waals surface area contributed by atoms with Crippen molar-refractivity contribution in [3.63, 3.8) is 0 Å². The zero-order chi connectivity index (χ0) is 12.6. The zero-order valence-corrected chi connectivity index (χ0v) is 8.64. The summed E-state index contributed by atoms with van der Waals surface area (Å²) in [5.74, 6) is -3.38. The van der Waals surface area contributed by atoms with Crippen LogP contribution in [0.2, 0.25) is 0 Å². The minimum Gasteiger partial charge on any atom is -0.480 e. The third-order valence-electron chi connectivity index (χ3n) is 2.17. The highest BCUT2D eigenvalue weighted by Gasteiger charge is 2.46. The third-order valence-corrected chi connectivity index (χ3v) is 3.02. The Labute approximate surface area is 90.4 Å². The number of allylic oxidation sites excluding steroid dienone is 2. The summed E-state index contributed by atoms with van der Waals surface area (Å²) in [6.07, 6.45) is 2.18. The van der Waals surface area contributed by atoms with Crippen LogP contribution < -0.4 is 0 Å². The Morgan fingerprint density at radius 1 is 1.25 bits per heavy atom. The van der Waals surface area contributed by atoms with Gasteiger partial charge in [-0.05, 0) is 18.6 Å². The third kappa shape index (κ3) is 1.97. The number of hydrogen-bond donors (Lipinski definition) is 3. The first kappa shape index (κ1) is 12.4. The van der Waals surface area contributed by atoms with E-state index in [-0.39, 0.29) is 6.42 Å². The second-order valence-corrected chi connectivity index (χ2v) is 4.63. The number of carboxylic acid groups (broad SMARTS) is 2. The average Bonchev–Trinajstić information content (AvgIpc) is 2.16. The maximum absolute atomic E-state index is 10.9. The molecular formula is C8H8O7S. The normalized spacial score (nSPS) is 18.9. The molecule has 3 N–H and O–H groups in total. The molecule has 0 radical (unpaired) electrons. The lowest BCUT2D eigenvalue weighted by Crippen LogP contribution is -2.38. The molecule has 0 heterocycles. The van der Waals surface area contributed by atoms with Gasteiger partial charge in [0.1, 0.15) is 0 Å². The molecule has 0 atom stereocenters. The van der Waals surface area contributed by atoms with Gasteiger partial charge in [0.2, 0.25) is 0 Å². The van der Waals surface area contributed by atoms with E-state index in [0.29, 0.717) is 6.08 Å². The summed E-state index contributed by atoms with van der Waals surface area (Å²) in [4.78, 5) is 21.0. The highest BCUT2D eigenvalue weighted by molar-refractivity contribution is 7.90. The molecule has 7 nitrogen and oxygen atoms in total. The smallest absolute Gasteiger partial charge is 0.325 e. The van der Waals surface area contributed by atoms with Crippen molar-refractivity contribution in [3.8, 4) is 0 Å². The largest absolute Gasteiger partial charge is 0.480 e. The predicted octanol–water partition coefficient (Wildman–Crippen LogP) is -0.126. The van der Waals surface area contributed by atoms with E-state index in [0.717, 1.165) is 12.2 Å². The molecule has 0 bridgehead atoms. The second kappa shape index (κ2) is 3.72. The average molecular weight is 248 g/mol. The van der Waals surface area contributed by atoms with Crippen molar-refractivity contribution in [1.29, 1.82) is 0 Å². The number of aliphatic carboxylic acids is 2. The fourth-order valence-electron chi connectivity index (χ4n) is 1.26. The molecule has 88 valence electrons. The molecule has 1 rings (SSSR count). The summed E-state index contributed by atoms with van der Waals surface area (Å²) >= 11 is 0. The van der Waals surface area contributed by atoms with Gasteiger partial charge in [-0.25, -0.2) is 0 Å². The van der Waals surface area contributed by atoms with Gasteiger partial charge < -0.3 is 10.2 Å². The van der Waals surface area contributed by atoms with Crippen molar-refractivity contribution in [3.05, 3.63) is 23.1 Å². The zero-order valence-electron chi connectivity index (χ0n) is 7.82. The maximum atomic E-state index is 10.9. The fourth-order valence-corrected chi connectivity index (χ4v) is 1.88. The van der Waals surface area contributed by atoms with Gasteiger partial charge >= 0.3 is 11.9 Å². The highest BCUT2D eigenvalue weighted by Crippen LogP contribution is 2.32. The molecule has 0 saturated heterocycles. The Kier molecular flexibility index (Phi) is 2.89. The van der Waals surface area contributed by atoms with Gasteiger partial charge in [-0.3, -0.25) is 14.1 Å². The summed E-state index contributed by atoms with van der Waals surface area (Å²) in [7, 11) is -4.62. The summed E-state index contributed by atoms with van der Waals surface area (Å²) in [6.45, 7) is 0. The van der Waals surface area contributed by atoms with Gasteiger partial charge in [0.25, 0.3) is 10.1 Å². The van der Waals surface area contributed by atoms with E-state index in [9.17, 15) is 18.0 Å². The van der Waals surface area contributed by atoms with Crippen molar-refractivity contribution in [2.24, 2.45) is 5.41 Å². The van der Waals surface area contributed by atoms with Crippen LogP contribution in [0.4, 0.5) is 0 Å². The maximum Gasteiger partial charge on any atom is 0.325 e. The van der Waals surface area contributed by atoms with E-state index in [2.05, 4.69) is 0 Å². The highest BCUT2D eigenvalue weighted by atomic mass is 32.2. The van der Waals surface area contributed by atoms with E-state index in [1.54, 1.807) is 0 Å². The van der Waals surface area contributed by atoms with Crippen LogP contribution in [0.25, 0.3) is 0 Å². The van der Waals surface area contributed by atoms with Gasteiger partial charge in [0.15, 0.2) is 5.41 Å². The van der Waals surface area contributed by atoms with Gasteiger partial charge in [0, 0.05) is 0 Å².